The lowest BCUT2D eigenvalue weighted by Crippen LogP contribution is -2.42. The first kappa shape index (κ1) is 22.3. The molecule has 0 unspecified atom stereocenters. The normalized spacial score (nSPS) is 23.9. The lowest BCUT2D eigenvalue weighted by molar-refractivity contribution is 0.0470. The van der Waals surface area contributed by atoms with Crippen LogP contribution in [0.25, 0.3) is 10.2 Å². The molecule has 7 heteroatoms. The number of amides is 1. The zero-order valence-electron chi connectivity index (χ0n) is 19.2. The van der Waals surface area contributed by atoms with Gasteiger partial charge in [0.15, 0.2) is 0 Å². The molecule has 2 aliphatic rings. The van der Waals surface area contributed by atoms with Crippen LogP contribution >= 0.6 is 11.3 Å². The van der Waals surface area contributed by atoms with Gasteiger partial charge >= 0.3 is 6.09 Å². The van der Waals surface area contributed by atoms with E-state index in [1.807, 2.05) is 32.1 Å². The number of fused-ring (bicyclic) bond motifs is 3. The average molecular weight is 446 g/mol. The van der Waals surface area contributed by atoms with Gasteiger partial charge in [0.2, 0.25) is 5.88 Å². The Hall–Kier alpha value is -1.89. The van der Waals surface area contributed by atoms with Gasteiger partial charge in [-0.05, 0) is 83.6 Å². The predicted octanol–water partition coefficient (Wildman–Crippen LogP) is 6.13. The van der Waals surface area contributed by atoms with Gasteiger partial charge in [-0.3, -0.25) is 0 Å². The number of hydrogen-bond donors (Lipinski definition) is 1. The minimum atomic E-state index is -0.474. The van der Waals surface area contributed by atoms with Crippen LogP contribution in [0.1, 0.15) is 95.4 Å². The minimum Gasteiger partial charge on any atom is -0.474 e. The Labute approximate surface area is 189 Å². The summed E-state index contributed by atoms with van der Waals surface area (Å²) in [5.74, 6) is 1.36. The van der Waals surface area contributed by atoms with Gasteiger partial charge in [0, 0.05) is 10.9 Å². The molecule has 0 bridgehead atoms. The van der Waals surface area contributed by atoms with Crippen molar-refractivity contribution in [1.29, 1.82) is 0 Å². The molecular weight excluding hydrogens is 410 g/mol. The van der Waals surface area contributed by atoms with E-state index in [0.717, 1.165) is 48.2 Å². The zero-order valence-corrected chi connectivity index (χ0v) is 20.0. The Morgan fingerprint density at radius 3 is 2.68 bits per heavy atom. The van der Waals surface area contributed by atoms with Crippen molar-refractivity contribution in [3.05, 3.63) is 16.8 Å². The summed E-state index contributed by atoms with van der Waals surface area (Å²) >= 11 is 1.82. The maximum Gasteiger partial charge on any atom is 0.407 e. The highest BCUT2D eigenvalue weighted by Gasteiger charge is 2.30. The number of carbonyl (C=O) groups is 1. The van der Waals surface area contributed by atoms with E-state index in [-0.39, 0.29) is 18.2 Å². The summed E-state index contributed by atoms with van der Waals surface area (Å²) in [5, 5.41) is 4.17. The largest absolute Gasteiger partial charge is 0.474 e. The number of nitrogens with one attached hydrogen (secondary N) is 1. The second-order valence-electron chi connectivity index (χ2n) is 9.91. The summed E-state index contributed by atoms with van der Waals surface area (Å²) in [6.07, 6.45) is 11.1. The number of thiophene rings is 1. The van der Waals surface area contributed by atoms with Crippen molar-refractivity contribution in [2.24, 2.45) is 0 Å². The van der Waals surface area contributed by atoms with Gasteiger partial charge in [0.25, 0.3) is 0 Å². The predicted molar refractivity (Wildman–Crippen MR) is 124 cm³/mol. The summed E-state index contributed by atoms with van der Waals surface area (Å²) in [4.78, 5) is 23.7. The summed E-state index contributed by atoms with van der Waals surface area (Å²) in [6, 6.07) is 0.142. The van der Waals surface area contributed by atoms with E-state index in [4.69, 9.17) is 9.47 Å². The number of aryl methyl sites for hydroxylation is 1. The fraction of sp³-hybridized carbons (Fsp3) is 0.708. The smallest absolute Gasteiger partial charge is 0.407 e. The standard InChI is InChI=1S/C24H35N3O3S/c1-5-7-15-8-6-9-18-19(15)20-21(25-14-26-22(20)31-18)29-17-12-10-16(11-13-17)27-23(28)30-24(2,3)4/h14-17H,5-13H2,1-4H3,(H,27,28)/t15-,16-,17+/m1/s1. The van der Waals surface area contributed by atoms with Crippen LogP contribution in [0.15, 0.2) is 6.33 Å². The van der Waals surface area contributed by atoms with Crippen LogP contribution in [0, 0.1) is 0 Å². The van der Waals surface area contributed by atoms with Gasteiger partial charge in [0.1, 0.15) is 22.9 Å². The molecule has 2 aliphatic carbocycles. The highest BCUT2D eigenvalue weighted by Crippen LogP contribution is 2.46. The molecule has 0 aromatic carbocycles. The molecule has 6 nitrogen and oxygen atoms in total. The Balaban J connectivity index is 1.43. The van der Waals surface area contributed by atoms with Crippen molar-refractivity contribution in [3.8, 4) is 5.88 Å². The summed E-state index contributed by atoms with van der Waals surface area (Å²) in [5.41, 5.74) is 0.988. The number of rotatable bonds is 5. The third-order valence-corrected chi connectivity index (χ3v) is 7.42. The number of nitrogens with zero attached hydrogens (tertiary/aromatic N) is 2. The van der Waals surface area contributed by atoms with Gasteiger partial charge in [-0.1, -0.05) is 13.3 Å². The van der Waals surface area contributed by atoms with Crippen molar-refractivity contribution in [2.75, 3.05) is 0 Å². The van der Waals surface area contributed by atoms with Crippen LogP contribution < -0.4 is 10.1 Å². The van der Waals surface area contributed by atoms with Crippen molar-refractivity contribution >= 4 is 27.6 Å². The van der Waals surface area contributed by atoms with Crippen LogP contribution in [0.3, 0.4) is 0 Å². The first-order chi connectivity index (χ1) is 14.8. The zero-order chi connectivity index (χ0) is 22.0. The van der Waals surface area contributed by atoms with Gasteiger partial charge in [-0.15, -0.1) is 11.3 Å². The second kappa shape index (κ2) is 9.31. The SMILES string of the molecule is CCC[C@@H]1CCCc2sc3ncnc(O[C@H]4CC[C@@H](NC(=O)OC(C)(C)C)CC4)c3c21. The third kappa shape index (κ3) is 5.30. The maximum atomic E-state index is 12.1. The van der Waals surface area contributed by atoms with Crippen molar-refractivity contribution < 1.29 is 14.3 Å². The summed E-state index contributed by atoms with van der Waals surface area (Å²) in [6.45, 7) is 7.91. The Kier molecular flexibility index (Phi) is 6.70. The Morgan fingerprint density at radius 1 is 1.19 bits per heavy atom. The van der Waals surface area contributed by atoms with Crippen LogP contribution in [-0.4, -0.2) is 33.8 Å². The molecule has 0 radical (unpaired) electrons. The van der Waals surface area contributed by atoms with Crippen LogP contribution in [0.5, 0.6) is 5.88 Å². The van der Waals surface area contributed by atoms with E-state index in [9.17, 15) is 4.79 Å². The van der Waals surface area contributed by atoms with Crippen molar-refractivity contribution in [1.82, 2.24) is 15.3 Å². The minimum absolute atomic E-state index is 0.124. The lowest BCUT2D eigenvalue weighted by Gasteiger charge is -2.30. The van der Waals surface area contributed by atoms with E-state index in [2.05, 4.69) is 22.2 Å². The van der Waals surface area contributed by atoms with Crippen LogP contribution in [-0.2, 0) is 11.2 Å². The van der Waals surface area contributed by atoms with E-state index in [1.165, 1.54) is 36.1 Å². The molecule has 1 N–H and O–H groups in total. The quantitative estimate of drug-likeness (QED) is 0.599. The molecular formula is C24H35N3O3S. The van der Waals surface area contributed by atoms with E-state index < -0.39 is 5.60 Å². The van der Waals surface area contributed by atoms with E-state index in [1.54, 1.807) is 6.33 Å². The Morgan fingerprint density at radius 2 is 1.97 bits per heavy atom. The molecule has 1 fully saturated rings. The van der Waals surface area contributed by atoms with Gasteiger partial charge in [-0.25, -0.2) is 14.8 Å². The first-order valence-electron chi connectivity index (χ1n) is 11.8. The molecule has 4 rings (SSSR count). The third-order valence-electron chi connectivity index (χ3n) is 6.24. The van der Waals surface area contributed by atoms with Gasteiger partial charge < -0.3 is 14.8 Å². The highest BCUT2D eigenvalue weighted by molar-refractivity contribution is 7.18. The molecule has 31 heavy (non-hydrogen) atoms. The lowest BCUT2D eigenvalue weighted by atomic mass is 9.83. The number of ether oxygens (including phenoxy) is 2. The fourth-order valence-corrected chi connectivity index (χ4v) is 6.19. The second-order valence-corrected chi connectivity index (χ2v) is 11.0. The average Bonchev–Trinajstić information content (AvgIpc) is 3.09. The molecule has 2 aromatic heterocycles. The van der Waals surface area contributed by atoms with Crippen LogP contribution in [0.4, 0.5) is 4.79 Å². The molecule has 2 heterocycles. The summed E-state index contributed by atoms with van der Waals surface area (Å²) in [7, 11) is 0. The number of carbonyl (C=O) groups excluding carboxylic acids is 1. The molecule has 2 aromatic rings. The molecule has 0 aliphatic heterocycles. The molecule has 170 valence electrons. The monoisotopic (exact) mass is 445 g/mol. The number of alkyl carbamates (subject to hydrolysis) is 1. The van der Waals surface area contributed by atoms with Gasteiger partial charge in [0.05, 0.1) is 5.39 Å². The highest BCUT2D eigenvalue weighted by atomic mass is 32.1. The van der Waals surface area contributed by atoms with Gasteiger partial charge in [-0.2, -0.15) is 0 Å². The van der Waals surface area contributed by atoms with Crippen molar-refractivity contribution in [3.63, 3.8) is 0 Å². The van der Waals surface area contributed by atoms with E-state index in [0.29, 0.717) is 5.92 Å². The fourth-order valence-electron chi connectivity index (χ4n) is 4.93. The molecule has 1 saturated carbocycles. The van der Waals surface area contributed by atoms with Crippen LogP contribution in [0.2, 0.25) is 0 Å². The first-order valence-corrected chi connectivity index (χ1v) is 12.6. The summed E-state index contributed by atoms with van der Waals surface area (Å²) < 4.78 is 11.9. The van der Waals surface area contributed by atoms with E-state index >= 15 is 0 Å². The molecule has 0 saturated heterocycles. The number of hydrogen-bond acceptors (Lipinski definition) is 6. The number of aromatic nitrogens is 2. The maximum absolute atomic E-state index is 12.1. The topological polar surface area (TPSA) is 73.3 Å². The molecule has 1 atom stereocenters. The Bertz CT molecular complexity index is 913. The molecule has 1 amide bonds. The van der Waals surface area contributed by atoms with Crippen molar-refractivity contribution in [2.45, 2.75) is 109 Å². The molecule has 0 spiro atoms.